The molecule has 9 nitrogen and oxygen atoms in total. The highest BCUT2D eigenvalue weighted by molar-refractivity contribution is 5.88. The van der Waals surface area contributed by atoms with Gasteiger partial charge in [-0.25, -0.2) is 14.6 Å². The predicted octanol–water partition coefficient (Wildman–Crippen LogP) is 4.57. The fraction of sp³-hybridized carbons (Fsp3) is 0.357. The Labute approximate surface area is 228 Å². The number of carboxylic acid groups (broad SMARTS) is 2. The second-order valence-electron chi connectivity index (χ2n) is 9.57. The zero-order valence-corrected chi connectivity index (χ0v) is 21.5. The van der Waals surface area contributed by atoms with E-state index in [1.165, 1.54) is 0 Å². The SMILES string of the molecule is NCC1CCC(C(=O)N[C@@H](Cc2ccccc2)c2ncc(-c3ccc(C(=O)O)cc3)[nH]2)CC1.O=C(O)C(F)(F)F. The lowest BCUT2D eigenvalue weighted by Crippen LogP contribution is -2.37. The molecule has 1 amide bonds. The molecule has 0 spiro atoms. The van der Waals surface area contributed by atoms with Gasteiger partial charge in [-0.2, -0.15) is 13.2 Å². The van der Waals surface area contributed by atoms with Gasteiger partial charge < -0.3 is 26.2 Å². The summed E-state index contributed by atoms with van der Waals surface area (Å²) in [4.78, 5) is 41.0. The van der Waals surface area contributed by atoms with Crippen LogP contribution in [0.15, 0.2) is 60.8 Å². The van der Waals surface area contributed by atoms with Crippen molar-refractivity contribution in [1.82, 2.24) is 15.3 Å². The van der Waals surface area contributed by atoms with Crippen molar-refractivity contribution in [2.45, 2.75) is 44.3 Å². The van der Waals surface area contributed by atoms with Crippen LogP contribution in [-0.4, -0.2) is 50.7 Å². The Hall–Kier alpha value is -4.19. The van der Waals surface area contributed by atoms with Crippen molar-refractivity contribution in [3.05, 3.63) is 77.7 Å². The standard InChI is InChI=1S/C26H30N4O3.C2HF3O2/c27-15-18-6-8-20(9-7-18)25(31)30-22(14-17-4-2-1-3-5-17)24-28-16-23(29-24)19-10-12-21(13-11-19)26(32)33;3-2(4,5)1(6)7/h1-5,10-13,16,18,20,22H,6-9,14-15,27H2,(H,28,29)(H,30,31)(H,32,33);(H,6,7)/t18?,20?,22-;/m0./s1. The van der Waals surface area contributed by atoms with Crippen molar-refractivity contribution in [2.24, 2.45) is 17.6 Å². The van der Waals surface area contributed by atoms with Gasteiger partial charge in [0.15, 0.2) is 0 Å². The summed E-state index contributed by atoms with van der Waals surface area (Å²) in [6.45, 7) is 0.688. The van der Waals surface area contributed by atoms with Crippen molar-refractivity contribution >= 4 is 17.8 Å². The van der Waals surface area contributed by atoms with Crippen LogP contribution in [0.4, 0.5) is 13.2 Å². The number of hydrogen-bond donors (Lipinski definition) is 5. The molecule has 1 aliphatic carbocycles. The number of aromatic amines is 1. The quantitative estimate of drug-likeness (QED) is 0.270. The highest BCUT2D eigenvalue weighted by atomic mass is 19.4. The molecule has 3 aromatic rings. The van der Waals surface area contributed by atoms with Crippen LogP contribution in [0.3, 0.4) is 0 Å². The number of nitrogens with two attached hydrogens (primary N) is 1. The van der Waals surface area contributed by atoms with Crippen LogP contribution in [0.5, 0.6) is 0 Å². The van der Waals surface area contributed by atoms with E-state index in [1.54, 1.807) is 30.5 Å². The molecule has 1 heterocycles. The first-order valence-corrected chi connectivity index (χ1v) is 12.7. The first-order valence-electron chi connectivity index (χ1n) is 12.7. The highest BCUT2D eigenvalue weighted by Gasteiger charge is 2.38. The third-order valence-electron chi connectivity index (χ3n) is 6.76. The molecule has 214 valence electrons. The zero-order valence-electron chi connectivity index (χ0n) is 21.5. The number of H-pyrrole nitrogens is 1. The van der Waals surface area contributed by atoms with Crippen molar-refractivity contribution in [1.29, 1.82) is 0 Å². The molecule has 0 aliphatic heterocycles. The Bertz CT molecular complexity index is 1270. The maximum Gasteiger partial charge on any atom is 0.490 e. The Morgan fingerprint density at radius 3 is 2.12 bits per heavy atom. The third-order valence-corrected chi connectivity index (χ3v) is 6.76. The van der Waals surface area contributed by atoms with Crippen LogP contribution in [-0.2, 0) is 16.0 Å². The topological polar surface area (TPSA) is 158 Å². The van der Waals surface area contributed by atoms with Crippen LogP contribution in [0.25, 0.3) is 11.3 Å². The van der Waals surface area contributed by atoms with Crippen LogP contribution in [0.1, 0.15) is 53.5 Å². The van der Waals surface area contributed by atoms with Crippen molar-refractivity contribution in [2.75, 3.05) is 6.54 Å². The molecule has 1 fully saturated rings. The number of aromatic carboxylic acids is 1. The number of halogens is 3. The number of aliphatic carboxylic acids is 1. The molecule has 12 heteroatoms. The fourth-order valence-electron chi connectivity index (χ4n) is 4.47. The second kappa shape index (κ2) is 13.7. The summed E-state index contributed by atoms with van der Waals surface area (Å²) < 4.78 is 31.7. The Kier molecular flexibility index (Phi) is 10.4. The van der Waals surface area contributed by atoms with Gasteiger partial charge in [0.25, 0.3) is 0 Å². The number of imidazole rings is 1. The maximum atomic E-state index is 13.1. The minimum absolute atomic E-state index is 0.00377. The summed E-state index contributed by atoms with van der Waals surface area (Å²) >= 11 is 0. The van der Waals surface area contributed by atoms with E-state index < -0.39 is 18.1 Å². The third kappa shape index (κ3) is 8.67. The number of amides is 1. The molecule has 0 bridgehead atoms. The molecular formula is C28H31F3N4O5. The van der Waals surface area contributed by atoms with E-state index in [9.17, 15) is 22.8 Å². The lowest BCUT2D eigenvalue weighted by Gasteiger charge is -2.28. The lowest BCUT2D eigenvalue weighted by atomic mass is 9.81. The number of rotatable bonds is 8. The van der Waals surface area contributed by atoms with E-state index >= 15 is 0 Å². The van der Waals surface area contributed by atoms with E-state index in [-0.39, 0.29) is 23.4 Å². The summed E-state index contributed by atoms with van der Waals surface area (Å²) in [7, 11) is 0. The number of nitrogens with one attached hydrogen (secondary N) is 2. The molecule has 0 radical (unpaired) electrons. The lowest BCUT2D eigenvalue weighted by molar-refractivity contribution is -0.192. The van der Waals surface area contributed by atoms with Gasteiger partial charge in [0.05, 0.1) is 23.5 Å². The van der Waals surface area contributed by atoms with Crippen LogP contribution in [0.2, 0.25) is 0 Å². The number of carbonyl (C=O) groups is 3. The monoisotopic (exact) mass is 560 g/mol. The van der Waals surface area contributed by atoms with E-state index in [1.807, 2.05) is 30.3 Å². The first kappa shape index (κ1) is 30.4. The van der Waals surface area contributed by atoms with Gasteiger partial charge in [0, 0.05) is 5.92 Å². The molecule has 40 heavy (non-hydrogen) atoms. The van der Waals surface area contributed by atoms with Gasteiger partial charge in [-0.05, 0) is 67.8 Å². The summed E-state index contributed by atoms with van der Waals surface area (Å²) in [6.07, 6.45) is 0.984. The summed E-state index contributed by atoms with van der Waals surface area (Å²) in [6, 6.07) is 16.4. The van der Waals surface area contributed by atoms with E-state index in [0.717, 1.165) is 42.5 Å². The number of aromatic nitrogens is 2. The van der Waals surface area contributed by atoms with Gasteiger partial charge in [0.2, 0.25) is 5.91 Å². The molecule has 0 saturated heterocycles. The second-order valence-corrected chi connectivity index (χ2v) is 9.57. The Morgan fingerprint density at radius 1 is 1.00 bits per heavy atom. The normalized spacial score (nSPS) is 17.7. The van der Waals surface area contributed by atoms with Gasteiger partial charge >= 0.3 is 18.1 Å². The largest absolute Gasteiger partial charge is 0.490 e. The smallest absolute Gasteiger partial charge is 0.478 e. The molecule has 6 N–H and O–H groups in total. The average molecular weight is 561 g/mol. The molecule has 0 unspecified atom stereocenters. The summed E-state index contributed by atoms with van der Waals surface area (Å²) in [5.74, 6) is -2.45. The van der Waals surface area contributed by atoms with Crippen LogP contribution >= 0.6 is 0 Å². The number of hydrogen-bond acceptors (Lipinski definition) is 5. The molecule has 1 atom stereocenters. The number of carbonyl (C=O) groups excluding carboxylic acids is 1. The number of carboxylic acids is 2. The molecule has 1 aliphatic rings. The Morgan fingerprint density at radius 2 is 1.60 bits per heavy atom. The highest BCUT2D eigenvalue weighted by Crippen LogP contribution is 2.29. The molecule has 4 rings (SSSR count). The summed E-state index contributed by atoms with van der Waals surface area (Å²) in [5.41, 5.74) is 8.75. The molecule has 2 aromatic carbocycles. The maximum absolute atomic E-state index is 13.1. The van der Waals surface area contributed by atoms with E-state index in [0.29, 0.717) is 24.7 Å². The van der Waals surface area contributed by atoms with Crippen LogP contribution in [0, 0.1) is 11.8 Å². The van der Waals surface area contributed by atoms with E-state index in [4.69, 9.17) is 20.7 Å². The van der Waals surface area contributed by atoms with Crippen LogP contribution < -0.4 is 11.1 Å². The molecular weight excluding hydrogens is 529 g/mol. The van der Waals surface area contributed by atoms with Gasteiger partial charge in [0.1, 0.15) is 5.82 Å². The van der Waals surface area contributed by atoms with Gasteiger partial charge in [-0.15, -0.1) is 0 Å². The number of alkyl halides is 3. The first-order chi connectivity index (χ1) is 19.0. The number of nitrogens with zero attached hydrogens (tertiary/aromatic N) is 1. The van der Waals surface area contributed by atoms with E-state index in [2.05, 4.69) is 15.3 Å². The van der Waals surface area contributed by atoms with Crippen molar-refractivity contribution in [3.8, 4) is 11.3 Å². The predicted molar refractivity (Wildman–Crippen MR) is 140 cm³/mol. The molecule has 1 saturated carbocycles. The van der Waals surface area contributed by atoms with Gasteiger partial charge in [-0.1, -0.05) is 42.5 Å². The number of benzene rings is 2. The average Bonchev–Trinajstić information content (AvgIpc) is 3.43. The van der Waals surface area contributed by atoms with Crippen molar-refractivity contribution in [3.63, 3.8) is 0 Å². The Balaban J connectivity index is 0.000000559. The summed E-state index contributed by atoms with van der Waals surface area (Å²) in [5, 5.41) is 19.5. The molecule has 1 aromatic heterocycles. The minimum atomic E-state index is -5.08. The minimum Gasteiger partial charge on any atom is -0.478 e. The van der Waals surface area contributed by atoms with Crippen molar-refractivity contribution < 1.29 is 37.8 Å². The zero-order chi connectivity index (χ0) is 29.3. The van der Waals surface area contributed by atoms with Gasteiger partial charge in [-0.3, -0.25) is 4.79 Å². The fourth-order valence-corrected chi connectivity index (χ4v) is 4.47.